The quantitative estimate of drug-likeness (QED) is 0.404. The Bertz CT molecular complexity index is 381. The van der Waals surface area contributed by atoms with Gasteiger partial charge in [-0.2, -0.15) is 0 Å². The summed E-state index contributed by atoms with van der Waals surface area (Å²) in [6.07, 6.45) is -2.92. The van der Waals surface area contributed by atoms with Gasteiger partial charge in [0.25, 0.3) is 0 Å². The number of alkyl halides is 4. The van der Waals surface area contributed by atoms with Crippen LogP contribution in [0.2, 0.25) is 0 Å². The molecule has 0 saturated carbocycles. The van der Waals surface area contributed by atoms with Crippen LogP contribution in [0.3, 0.4) is 0 Å². The summed E-state index contributed by atoms with van der Waals surface area (Å²) in [4.78, 5) is 0. The van der Waals surface area contributed by atoms with Gasteiger partial charge < -0.3 is 4.74 Å². The van der Waals surface area contributed by atoms with Gasteiger partial charge in [0, 0.05) is 11.8 Å². The van der Waals surface area contributed by atoms with Crippen molar-refractivity contribution in [3.63, 3.8) is 0 Å². The van der Waals surface area contributed by atoms with E-state index in [9.17, 15) is 13.2 Å². The standard InChI is InChI=1S/C19H36F4O/c1-13(2)24-15(12-16(4,5)21)17(6,7)19(9,23)11-10-18(8,22)14(3)20/h13-15H,10-12H2,1-9H3. The molecule has 0 saturated heterocycles. The summed E-state index contributed by atoms with van der Waals surface area (Å²) in [6, 6.07) is 0. The summed E-state index contributed by atoms with van der Waals surface area (Å²) in [6.45, 7) is 13.5. The summed E-state index contributed by atoms with van der Waals surface area (Å²) in [5.74, 6) is 0. The molecule has 0 aliphatic heterocycles. The Balaban J connectivity index is 5.36. The second kappa shape index (κ2) is 7.92. The van der Waals surface area contributed by atoms with E-state index in [-0.39, 0.29) is 25.4 Å². The monoisotopic (exact) mass is 356 g/mol. The number of hydrogen-bond donors (Lipinski definition) is 0. The molecule has 0 radical (unpaired) electrons. The van der Waals surface area contributed by atoms with Gasteiger partial charge in [-0.3, -0.25) is 0 Å². The molecule has 0 rings (SSSR count). The van der Waals surface area contributed by atoms with Crippen molar-refractivity contribution < 1.29 is 22.3 Å². The van der Waals surface area contributed by atoms with E-state index in [4.69, 9.17) is 4.74 Å². The molecule has 0 spiro atoms. The molecule has 0 bridgehead atoms. The third-order valence-electron chi connectivity index (χ3n) is 5.17. The van der Waals surface area contributed by atoms with Crippen LogP contribution in [-0.2, 0) is 4.74 Å². The lowest BCUT2D eigenvalue weighted by Gasteiger charge is -2.46. The summed E-state index contributed by atoms with van der Waals surface area (Å²) in [5.41, 5.74) is -6.50. The average Bonchev–Trinajstić information content (AvgIpc) is 2.33. The van der Waals surface area contributed by atoms with Crippen LogP contribution < -0.4 is 0 Å². The first kappa shape index (κ1) is 23.7. The Labute approximate surface area is 145 Å². The summed E-state index contributed by atoms with van der Waals surface area (Å²) >= 11 is 0. The number of hydrogen-bond acceptors (Lipinski definition) is 1. The molecule has 0 fully saturated rings. The first-order chi connectivity index (χ1) is 10.4. The molecule has 5 heteroatoms. The highest BCUT2D eigenvalue weighted by Gasteiger charge is 2.50. The third kappa shape index (κ3) is 6.89. The lowest BCUT2D eigenvalue weighted by molar-refractivity contribution is -0.139. The van der Waals surface area contributed by atoms with Crippen molar-refractivity contribution in [1.29, 1.82) is 0 Å². The first-order valence-corrected chi connectivity index (χ1v) is 8.78. The van der Waals surface area contributed by atoms with Crippen LogP contribution in [-0.4, -0.2) is 35.4 Å². The molecule has 0 heterocycles. The van der Waals surface area contributed by atoms with E-state index in [1.165, 1.54) is 20.8 Å². The van der Waals surface area contributed by atoms with E-state index in [0.29, 0.717) is 0 Å². The maximum absolute atomic E-state index is 15.4. The predicted octanol–water partition coefficient (Wildman–Crippen LogP) is 6.54. The van der Waals surface area contributed by atoms with E-state index in [1.54, 1.807) is 13.8 Å². The minimum atomic E-state index is -2.09. The van der Waals surface area contributed by atoms with E-state index >= 15 is 4.39 Å². The van der Waals surface area contributed by atoms with Crippen molar-refractivity contribution in [2.45, 2.75) is 117 Å². The van der Waals surface area contributed by atoms with Gasteiger partial charge in [-0.25, -0.2) is 17.6 Å². The van der Waals surface area contributed by atoms with Gasteiger partial charge in [0.2, 0.25) is 0 Å². The van der Waals surface area contributed by atoms with Gasteiger partial charge in [-0.05, 0) is 61.3 Å². The van der Waals surface area contributed by atoms with Crippen molar-refractivity contribution in [2.75, 3.05) is 0 Å². The Morgan fingerprint density at radius 2 is 1.29 bits per heavy atom. The van der Waals surface area contributed by atoms with Gasteiger partial charge >= 0.3 is 0 Å². The molecule has 1 nitrogen and oxygen atoms in total. The van der Waals surface area contributed by atoms with Crippen LogP contribution in [0.5, 0.6) is 0 Å². The van der Waals surface area contributed by atoms with Gasteiger partial charge in [-0.15, -0.1) is 0 Å². The fourth-order valence-corrected chi connectivity index (χ4v) is 2.58. The molecular formula is C19H36F4O. The van der Waals surface area contributed by atoms with Gasteiger partial charge in [0.15, 0.2) is 0 Å². The van der Waals surface area contributed by atoms with E-state index in [0.717, 1.165) is 13.8 Å². The van der Waals surface area contributed by atoms with Crippen molar-refractivity contribution in [3.8, 4) is 0 Å². The second-order valence-corrected chi connectivity index (χ2v) is 8.91. The lowest BCUT2D eigenvalue weighted by atomic mass is 9.68. The van der Waals surface area contributed by atoms with E-state index < -0.39 is 34.7 Å². The topological polar surface area (TPSA) is 9.23 Å². The fourth-order valence-electron chi connectivity index (χ4n) is 2.58. The molecular weight excluding hydrogens is 320 g/mol. The fraction of sp³-hybridized carbons (Fsp3) is 1.00. The molecule has 0 aliphatic carbocycles. The lowest BCUT2D eigenvalue weighted by Crippen LogP contribution is -2.51. The molecule has 0 N–H and O–H groups in total. The van der Waals surface area contributed by atoms with Crippen molar-refractivity contribution in [3.05, 3.63) is 0 Å². The Kier molecular flexibility index (Phi) is 7.82. The molecule has 0 aromatic carbocycles. The Morgan fingerprint density at radius 1 is 0.833 bits per heavy atom. The highest BCUT2D eigenvalue weighted by atomic mass is 19.2. The van der Waals surface area contributed by atoms with Gasteiger partial charge in [-0.1, -0.05) is 13.8 Å². The minimum absolute atomic E-state index is 0.0318. The van der Waals surface area contributed by atoms with Crippen LogP contribution in [0.25, 0.3) is 0 Å². The van der Waals surface area contributed by atoms with Crippen LogP contribution in [0.1, 0.15) is 81.6 Å². The zero-order chi connectivity index (χ0) is 19.6. The highest BCUT2D eigenvalue weighted by molar-refractivity contribution is 4.99. The maximum Gasteiger partial charge on any atom is 0.139 e. The number of halogens is 4. The highest BCUT2D eigenvalue weighted by Crippen LogP contribution is 2.46. The molecule has 0 aromatic heterocycles. The summed E-state index contributed by atoms with van der Waals surface area (Å²) in [5, 5.41) is 0. The zero-order valence-electron chi connectivity index (χ0n) is 16.8. The second-order valence-electron chi connectivity index (χ2n) is 8.91. The summed E-state index contributed by atoms with van der Waals surface area (Å²) < 4.78 is 62.9. The van der Waals surface area contributed by atoms with Crippen LogP contribution >= 0.6 is 0 Å². The van der Waals surface area contributed by atoms with Gasteiger partial charge in [0.05, 0.1) is 12.2 Å². The Hall–Kier alpha value is -0.320. The number of ether oxygens (including phenoxy) is 1. The smallest absolute Gasteiger partial charge is 0.139 e. The molecule has 0 aromatic rings. The average molecular weight is 356 g/mol. The van der Waals surface area contributed by atoms with Crippen molar-refractivity contribution in [2.24, 2.45) is 5.41 Å². The normalized spacial score (nSPS) is 21.2. The molecule has 0 aliphatic rings. The maximum atomic E-state index is 15.4. The third-order valence-corrected chi connectivity index (χ3v) is 5.17. The van der Waals surface area contributed by atoms with Gasteiger partial charge in [0.1, 0.15) is 23.2 Å². The van der Waals surface area contributed by atoms with Crippen molar-refractivity contribution in [1.82, 2.24) is 0 Å². The van der Waals surface area contributed by atoms with Crippen molar-refractivity contribution >= 4 is 0 Å². The van der Waals surface area contributed by atoms with Crippen LogP contribution in [0.4, 0.5) is 17.6 Å². The minimum Gasteiger partial charge on any atom is -0.375 e. The SMILES string of the molecule is CC(C)OC(CC(C)(C)F)C(C)(C)C(C)(F)CCC(C)(F)C(C)F. The largest absolute Gasteiger partial charge is 0.375 e. The van der Waals surface area contributed by atoms with E-state index in [1.807, 2.05) is 13.8 Å². The molecule has 0 amide bonds. The number of rotatable bonds is 10. The van der Waals surface area contributed by atoms with Crippen LogP contribution in [0.15, 0.2) is 0 Å². The van der Waals surface area contributed by atoms with Crippen LogP contribution in [0, 0.1) is 5.41 Å². The Morgan fingerprint density at radius 3 is 1.62 bits per heavy atom. The van der Waals surface area contributed by atoms with E-state index in [2.05, 4.69) is 0 Å². The predicted molar refractivity (Wildman–Crippen MR) is 92.4 cm³/mol. The molecule has 4 atom stereocenters. The molecule has 4 unspecified atom stereocenters. The first-order valence-electron chi connectivity index (χ1n) is 8.78. The summed E-state index contributed by atoms with van der Waals surface area (Å²) in [7, 11) is 0. The molecule has 146 valence electrons. The molecule has 24 heavy (non-hydrogen) atoms. The zero-order valence-corrected chi connectivity index (χ0v) is 16.8.